The van der Waals surface area contributed by atoms with E-state index in [0.717, 1.165) is 25.0 Å². The monoisotopic (exact) mass is 554 g/mol. The molecule has 13 heteroatoms. The summed E-state index contributed by atoms with van der Waals surface area (Å²) in [5, 5.41) is 2.91. The number of nitrogens with zero attached hydrogens (tertiary/aromatic N) is 1. The highest BCUT2D eigenvalue weighted by Crippen LogP contribution is 2.47. The van der Waals surface area contributed by atoms with Gasteiger partial charge in [-0.15, -0.1) is 0 Å². The Morgan fingerprint density at radius 2 is 1.47 bits per heavy atom. The largest absolute Gasteiger partial charge is 0.466 e. The molecule has 1 aliphatic heterocycles. The molecule has 2 unspecified atom stereocenters. The van der Waals surface area contributed by atoms with E-state index in [1.807, 2.05) is 4.90 Å². The first kappa shape index (κ1) is 28.1. The SMILES string of the molecule is O=COCCN1c2ccc(C(F)(F)F)cc2C(NCc2cc(C(F)(F)F)cc(C(F)(F)F)c2)CC1C1CC1. The van der Waals surface area contributed by atoms with E-state index in [0.29, 0.717) is 17.8 Å². The third kappa shape index (κ3) is 6.36. The van der Waals surface area contributed by atoms with E-state index < -0.39 is 47.8 Å². The van der Waals surface area contributed by atoms with Crippen molar-refractivity contribution in [2.75, 3.05) is 18.1 Å². The van der Waals surface area contributed by atoms with Crippen molar-refractivity contribution in [3.8, 4) is 0 Å². The normalized spacial score (nSPS) is 20.3. The molecule has 0 bridgehead atoms. The molecule has 2 aliphatic rings. The summed E-state index contributed by atoms with van der Waals surface area (Å²) < 4.78 is 125. The van der Waals surface area contributed by atoms with Crippen LogP contribution in [0.5, 0.6) is 0 Å². The van der Waals surface area contributed by atoms with Crippen LogP contribution in [0.2, 0.25) is 0 Å². The van der Waals surface area contributed by atoms with Crippen LogP contribution in [0.15, 0.2) is 36.4 Å². The average Bonchev–Trinajstić information content (AvgIpc) is 3.66. The maximum absolute atomic E-state index is 13.5. The van der Waals surface area contributed by atoms with Crippen LogP contribution < -0.4 is 10.2 Å². The van der Waals surface area contributed by atoms with Crippen LogP contribution in [-0.2, 0) is 34.6 Å². The number of hydrogen-bond acceptors (Lipinski definition) is 4. The van der Waals surface area contributed by atoms with Crippen LogP contribution in [0.25, 0.3) is 0 Å². The highest BCUT2D eigenvalue weighted by atomic mass is 19.4. The van der Waals surface area contributed by atoms with Gasteiger partial charge in [-0.25, -0.2) is 0 Å². The summed E-state index contributed by atoms with van der Waals surface area (Å²) in [7, 11) is 0. The van der Waals surface area contributed by atoms with Gasteiger partial charge in [-0.3, -0.25) is 4.79 Å². The summed E-state index contributed by atoms with van der Waals surface area (Å²) >= 11 is 0. The van der Waals surface area contributed by atoms with E-state index in [1.54, 1.807) is 0 Å². The summed E-state index contributed by atoms with van der Waals surface area (Å²) in [5.41, 5.74) is -3.52. The molecule has 1 fully saturated rings. The van der Waals surface area contributed by atoms with E-state index in [4.69, 9.17) is 4.74 Å². The number of alkyl halides is 9. The van der Waals surface area contributed by atoms with Gasteiger partial charge >= 0.3 is 18.5 Å². The van der Waals surface area contributed by atoms with Crippen molar-refractivity contribution in [3.63, 3.8) is 0 Å². The molecule has 1 heterocycles. The maximum atomic E-state index is 13.5. The van der Waals surface area contributed by atoms with Gasteiger partial charge in [-0.2, -0.15) is 39.5 Å². The molecular weight excluding hydrogens is 531 g/mol. The molecule has 0 spiro atoms. The lowest BCUT2D eigenvalue weighted by Gasteiger charge is -2.43. The molecule has 0 saturated heterocycles. The lowest BCUT2D eigenvalue weighted by atomic mass is 9.87. The van der Waals surface area contributed by atoms with Gasteiger partial charge in [0.1, 0.15) is 6.61 Å². The fourth-order valence-electron chi connectivity index (χ4n) is 4.91. The molecule has 1 saturated carbocycles. The first-order valence-electron chi connectivity index (χ1n) is 11.7. The van der Waals surface area contributed by atoms with Crippen molar-refractivity contribution >= 4 is 12.2 Å². The van der Waals surface area contributed by atoms with Gasteiger partial charge in [0.05, 0.1) is 23.2 Å². The van der Waals surface area contributed by atoms with E-state index >= 15 is 0 Å². The van der Waals surface area contributed by atoms with E-state index in [2.05, 4.69) is 5.32 Å². The molecule has 4 nitrogen and oxygen atoms in total. The summed E-state index contributed by atoms with van der Waals surface area (Å²) in [6.07, 6.45) is -12.7. The van der Waals surface area contributed by atoms with Crippen LogP contribution in [0.4, 0.5) is 45.2 Å². The van der Waals surface area contributed by atoms with Gasteiger partial charge in [-0.05, 0) is 72.7 Å². The third-order valence-electron chi connectivity index (χ3n) is 6.80. The van der Waals surface area contributed by atoms with E-state index in [1.165, 1.54) is 6.07 Å². The Kier molecular flexibility index (Phi) is 7.61. The predicted molar refractivity (Wildman–Crippen MR) is 118 cm³/mol. The second-order valence-electron chi connectivity index (χ2n) is 9.42. The van der Waals surface area contributed by atoms with Crippen LogP contribution in [0.3, 0.4) is 0 Å². The van der Waals surface area contributed by atoms with Crippen molar-refractivity contribution in [1.82, 2.24) is 5.32 Å². The Labute approximate surface area is 211 Å². The zero-order valence-corrected chi connectivity index (χ0v) is 19.7. The van der Waals surface area contributed by atoms with Gasteiger partial charge in [0.15, 0.2) is 0 Å². The number of fused-ring (bicyclic) bond motifs is 1. The summed E-state index contributed by atoms with van der Waals surface area (Å²) in [6, 6.07) is 3.44. The summed E-state index contributed by atoms with van der Waals surface area (Å²) in [4.78, 5) is 12.5. The molecular formula is C25H23F9N2O2. The van der Waals surface area contributed by atoms with Gasteiger partial charge in [0.25, 0.3) is 6.47 Å². The number of rotatable bonds is 8. The highest BCUT2D eigenvalue weighted by Gasteiger charge is 2.43. The Morgan fingerprint density at radius 1 is 0.868 bits per heavy atom. The second kappa shape index (κ2) is 10.3. The average molecular weight is 554 g/mol. The fraction of sp³-hybridized carbons (Fsp3) is 0.480. The van der Waals surface area contributed by atoms with Gasteiger partial charge in [0.2, 0.25) is 0 Å². The number of anilines is 1. The fourth-order valence-corrected chi connectivity index (χ4v) is 4.91. The number of benzene rings is 2. The van der Waals surface area contributed by atoms with Crippen LogP contribution in [-0.4, -0.2) is 25.7 Å². The Bertz CT molecular complexity index is 1120. The van der Waals surface area contributed by atoms with E-state index in [9.17, 15) is 44.3 Å². The minimum absolute atomic E-state index is 0.00423. The van der Waals surface area contributed by atoms with Gasteiger partial charge < -0.3 is 15.0 Å². The molecule has 208 valence electrons. The Balaban J connectivity index is 1.68. The van der Waals surface area contributed by atoms with Crippen LogP contribution in [0, 0.1) is 5.92 Å². The third-order valence-corrected chi connectivity index (χ3v) is 6.80. The zero-order chi connectivity index (χ0) is 27.9. The lowest BCUT2D eigenvalue weighted by Crippen LogP contribution is -2.46. The number of carbonyl (C=O) groups excluding carboxylic acids is 1. The first-order chi connectivity index (χ1) is 17.7. The lowest BCUT2D eigenvalue weighted by molar-refractivity contribution is -0.143. The number of nitrogens with one attached hydrogen (secondary N) is 1. The van der Waals surface area contributed by atoms with Crippen molar-refractivity contribution in [2.24, 2.45) is 5.92 Å². The molecule has 1 N–H and O–H groups in total. The summed E-state index contributed by atoms with van der Waals surface area (Å²) in [5.74, 6) is 0.205. The maximum Gasteiger partial charge on any atom is 0.416 e. The predicted octanol–water partition coefficient (Wildman–Crippen LogP) is 6.74. The van der Waals surface area contributed by atoms with Crippen LogP contribution in [0.1, 0.15) is 53.1 Å². The molecule has 2 aromatic carbocycles. The standard InChI is InChI=1S/C25H23F9N2O2/c26-23(27,28)16-3-4-21-19(10-16)20(11-22(15-1-2-15)36(21)5-6-38-13-37)35-12-14-7-17(24(29,30)31)9-18(8-14)25(32,33)34/h3-4,7-10,13,15,20,22,35H,1-2,5-6,11-12H2. The smallest absolute Gasteiger partial charge is 0.416 e. The molecule has 0 radical (unpaired) electrons. The van der Waals surface area contributed by atoms with Gasteiger partial charge in [0, 0.05) is 24.3 Å². The van der Waals surface area contributed by atoms with Gasteiger partial charge in [-0.1, -0.05) is 0 Å². The molecule has 4 rings (SSSR count). The molecule has 1 aliphatic carbocycles. The molecule has 2 aromatic rings. The van der Waals surface area contributed by atoms with Crippen molar-refractivity contribution < 1.29 is 49.0 Å². The summed E-state index contributed by atoms with van der Waals surface area (Å²) in [6.45, 7) is 0.0423. The van der Waals surface area contributed by atoms with Crippen molar-refractivity contribution in [1.29, 1.82) is 0 Å². The zero-order valence-electron chi connectivity index (χ0n) is 19.7. The van der Waals surface area contributed by atoms with E-state index in [-0.39, 0.29) is 55.2 Å². The second-order valence-corrected chi connectivity index (χ2v) is 9.42. The quantitative estimate of drug-likeness (QED) is 0.223. The molecule has 38 heavy (non-hydrogen) atoms. The number of halogens is 9. The Morgan fingerprint density at radius 3 is 2.00 bits per heavy atom. The topological polar surface area (TPSA) is 41.6 Å². The number of carbonyl (C=O) groups is 1. The first-order valence-corrected chi connectivity index (χ1v) is 11.7. The molecule has 0 aromatic heterocycles. The number of hydrogen-bond donors (Lipinski definition) is 1. The molecule has 2 atom stereocenters. The van der Waals surface area contributed by atoms with Crippen LogP contribution >= 0.6 is 0 Å². The minimum atomic E-state index is -5.02. The van der Waals surface area contributed by atoms with Crippen molar-refractivity contribution in [3.05, 3.63) is 64.2 Å². The highest BCUT2D eigenvalue weighted by molar-refractivity contribution is 5.60. The molecule has 0 amide bonds. The van der Waals surface area contributed by atoms with Crippen molar-refractivity contribution in [2.45, 2.75) is 56.4 Å². The minimum Gasteiger partial charge on any atom is -0.466 e. The number of ether oxygens (including phenoxy) is 1. The Hall–Kier alpha value is -2.96.